The molecule has 5 rings (SSSR count). The second-order valence-corrected chi connectivity index (χ2v) is 11.7. The van der Waals surface area contributed by atoms with Gasteiger partial charge in [-0.3, -0.25) is 19.4 Å². The molecule has 1 aliphatic rings. The first-order valence-electron chi connectivity index (χ1n) is 13.8. The van der Waals surface area contributed by atoms with E-state index in [1.165, 1.54) is 0 Å². The molecular formula is C33H33NO7S. The number of aromatic hydroxyl groups is 1. The molecule has 0 spiro atoms. The van der Waals surface area contributed by atoms with Crippen LogP contribution in [0.5, 0.6) is 23.1 Å². The number of Topliss-reactive ketones (excluding diaryl/α,β-unsaturated/α-hetero) is 1. The lowest BCUT2D eigenvalue weighted by molar-refractivity contribution is -0.133. The van der Waals surface area contributed by atoms with Crippen LogP contribution in [0.1, 0.15) is 62.8 Å². The van der Waals surface area contributed by atoms with Crippen LogP contribution in [0, 0.1) is 20.8 Å². The summed E-state index contributed by atoms with van der Waals surface area (Å²) in [5, 5.41) is 9.85. The van der Waals surface area contributed by atoms with Crippen molar-refractivity contribution in [3.63, 3.8) is 0 Å². The van der Waals surface area contributed by atoms with E-state index in [1.54, 1.807) is 6.92 Å². The number of fused-ring (bicyclic) bond motifs is 1. The van der Waals surface area contributed by atoms with Gasteiger partial charge in [0.05, 0.1) is 23.3 Å². The van der Waals surface area contributed by atoms with E-state index in [9.17, 15) is 19.5 Å². The Kier molecular flexibility index (Phi) is 8.22. The fourth-order valence-corrected chi connectivity index (χ4v) is 5.97. The Morgan fingerprint density at radius 2 is 1.71 bits per heavy atom. The minimum absolute atomic E-state index is 0.0803. The van der Waals surface area contributed by atoms with Crippen LogP contribution in [-0.2, 0) is 17.6 Å². The van der Waals surface area contributed by atoms with Crippen LogP contribution in [0.25, 0.3) is 0 Å². The van der Waals surface area contributed by atoms with Gasteiger partial charge in [-0.05, 0) is 61.6 Å². The van der Waals surface area contributed by atoms with Gasteiger partial charge in [-0.2, -0.15) is 0 Å². The van der Waals surface area contributed by atoms with Crippen LogP contribution in [0.15, 0.2) is 59.4 Å². The number of nitrogens with one attached hydrogen (secondary N) is 1. The maximum absolute atomic E-state index is 13.6. The zero-order valence-corrected chi connectivity index (χ0v) is 24.9. The minimum atomic E-state index is -0.860. The molecule has 9 heteroatoms. The van der Waals surface area contributed by atoms with Gasteiger partial charge in [0.15, 0.2) is 5.78 Å². The Morgan fingerprint density at radius 3 is 2.36 bits per heavy atom. The van der Waals surface area contributed by atoms with E-state index in [2.05, 4.69) is 4.98 Å². The average molecular weight is 588 g/mol. The molecule has 0 radical (unpaired) electrons. The predicted octanol–water partition coefficient (Wildman–Crippen LogP) is 6.00. The summed E-state index contributed by atoms with van der Waals surface area (Å²) in [6.45, 7) is 7.67. The Hall–Kier alpha value is -4.37. The molecule has 2 heterocycles. The monoisotopic (exact) mass is 587 g/mol. The van der Waals surface area contributed by atoms with Crippen molar-refractivity contribution in [1.82, 2.24) is 4.98 Å². The highest BCUT2D eigenvalue weighted by atomic mass is 32.1. The number of hydrogen-bond donors (Lipinski definition) is 2. The predicted molar refractivity (Wildman–Crippen MR) is 160 cm³/mol. The fraction of sp³-hybridized carbons (Fsp3) is 0.303. The SMILES string of the molecule is CCC1(COc2ccc(Cc3sc(=O)[nH]c3O)cc2)CC(=O)c2c(C)c(OC(=O)Cc3ccccc3)c(C)c(C)c2O1. The number of esters is 1. The molecule has 42 heavy (non-hydrogen) atoms. The van der Waals surface area contributed by atoms with Gasteiger partial charge in [-0.15, -0.1) is 0 Å². The number of ketones is 1. The number of carbonyl (C=O) groups excluding carboxylic acids is 2. The van der Waals surface area contributed by atoms with Gasteiger partial charge in [0.2, 0.25) is 5.88 Å². The van der Waals surface area contributed by atoms with Gasteiger partial charge in [-0.25, -0.2) is 0 Å². The van der Waals surface area contributed by atoms with Crippen molar-refractivity contribution >= 4 is 23.1 Å². The smallest absolute Gasteiger partial charge is 0.315 e. The molecule has 0 fully saturated rings. The normalized spacial score (nSPS) is 16.0. The summed E-state index contributed by atoms with van der Waals surface area (Å²) in [5.74, 6) is 0.958. The van der Waals surface area contributed by atoms with Crippen molar-refractivity contribution < 1.29 is 28.9 Å². The number of carbonyl (C=O) groups is 2. The van der Waals surface area contributed by atoms with Crippen molar-refractivity contribution in [2.24, 2.45) is 0 Å². The lowest BCUT2D eigenvalue weighted by atomic mass is 9.84. The quantitative estimate of drug-likeness (QED) is 0.182. The highest BCUT2D eigenvalue weighted by Gasteiger charge is 2.42. The summed E-state index contributed by atoms with van der Waals surface area (Å²) < 4.78 is 18.5. The second kappa shape index (κ2) is 11.9. The molecule has 1 unspecified atom stereocenters. The highest BCUT2D eigenvalue weighted by Crippen LogP contribution is 2.45. The van der Waals surface area contributed by atoms with E-state index in [4.69, 9.17) is 14.2 Å². The van der Waals surface area contributed by atoms with E-state index in [0.29, 0.717) is 46.1 Å². The van der Waals surface area contributed by atoms with E-state index in [-0.39, 0.29) is 42.0 Å². The molecule has 1 aliphatic heterocycles. The third-order valence-corrected chi connectivity index (χ3v) is 8.68. The van der Waals surface area contributed by atoms with E-state index >= 15 is 0 Å². The van der Waals surface area contributed by atoms with Gasteiger partial charge >= 0.3 is 10.8 Å². The molecule has 0 saturated carbocycles. The number of rotatable bonds is 9. The molecule has 0 aliphatic carbocycles. The van der Waals surface area contributed by atoms with Crippen LogP contribution in [-0.4, -0.2) is 34.1 Å². The standard InChI is InChI=1S/C33H33NO7S/c1-5-33(18-39-24-13-11-23(12-14-24)15-26-31(37)34-32(38)42-26)17-25(35)28-21(4)29(19(2)20(3)30(28)41-33)40-27(36)16-22-9-7-6-8-10-22/h6-14,37H,5,15-18H2,1-4H3,(H,34,38). The lowest BCUT2D eigenvalue weighted by Crippen LogP contribution is -2.47. The van der Waals surface area contributed by atoms with Crippen LogP contribution >= 0.6 is 11.3 Å². The van der Waals surface area contributed by atoms with E-state index < -0.39 is 5.60 Å². The largest absolute Gasteiger partial charge is 0.494 e. The first-order chi connectivity index (χ1) is 20.1. The summed E-state index contributed by atoms with van der Waals surface area (Å²) >= 11 is 0.981. The number of hydrogen-bond acceptors (Lipinski definition) is 8. The topological polar surface area (TPSA) is 115 Å². The molecular weight excluding hydrogens is 554 g/mol. The molecule has 1 aromatic heterocycles. The third kappa shape index (κ3) is 5.97. The van der Waals surface area contributed by atoms with Crippen LogP contribution in [0.3, 0.4) is 0 Å². The van der Waals surface area contributed by atoms with Crippen molar-refractivity contribution in [2.45, 2.75) is 59.0 Å². The van der Waals surface area contributed by atoms with Gasteiger partial charge in [0.25, 0.3) is 0 Å². The van der Waals surface area contributed by atoms with Crippen molar-refractivity contribution in [3.8, 4) is 23.1 Å². The zero-order chi connectivity index (χ0) is 30.0. The van der Waals surface area contributed by atoms with Crippen molar-refractivity contribution in [2.75, 3.05) is 6.61 Å². The summed E-state index contributed by atoms with van der Waals surface area (Å²) in [6.07, 6.45) is 1.23. The minimum Gasteiger partial charge on any atom is -0.494 e. The first kappa shape index (κ1) is 29.1. The average Bonchev–Trinajstić information content (AvgIpc) is 3.29. The number of aromatic nitrogens is 1. The number of ether oxygens (including phenoxy) is 3. The van der Waals surface area contributed by atoms with Crippen LogP contribution in [0.2, 0.25) is 0 Å². The van der Waals surface area contributed by atoms with Crippen LogP contribution in [0.4, 0.5) is 0 Å². The van der Waals surface area contributed by atoms with Gasteiger partial charge in [-0.1, -0.05) is 60.7 Å². The van der Waals surface area contributed by atoms with Gasteiger partial charge in [0, 0.05) is 12.0 Å². The Bertz CT molecular complexity index is 1690. The summed E-state index contributed by atoms with van der Waals surface area (Å²) in [4.78, 5) is 40.5. The molecule has 2 N–H and O–H groups in total. The molecule has 8 nitrogen and oxygen atoms in total. The molecule has 0 saturated heterocycles. The number of thiazole rings is 1. The molecule has 0 bridgehead atoms. The summed E-state index contributed by atoms with van der Waals surface area (Å²) in [7, 11) is 0. The maximum Gasteiger partial charge on any atom is 0.315 e. The van der Waals surface area contributed by atoms with Gasteiger partial charge in [0.1, 0.15) is 29.5 Å². The van der Waals surface area contributed by atoms with Gasteiger partial charge < -0.3 is 19.3 Å². The maximum atomic E-state index is 13.6. The Balaban J connectivity index is 1.32. The van der Waals surface area contributed by atoms with Crippen molar-refractivity contribution in [1.29, 1.82) is 0 Å². The molecule has 3 aromatic carbocycles. The molecule has 218 valence electrons. The molecule has 1 atom stereocenters. The van der Waals surface area contributed by atoms with Crippen molar-refractivity contribution in [3.05, 3.63) is 103 Å². The van der Waals surface area contributed by atoms with Crippen LogP contribution < -0.4 is 19.1 Å². The zero-order valence-electron chi connectivity index (χ0n) is 24.0. The Morgan fingerprint density at radius 1 is 1.00 bits per heavy atom. The van der Waals surface area contributed by atoms with E-state index in [1.807, 2.05) is 75.4 Å². The summed E-state index contributed by atoms with van der Waals surface area (Å²) in [5.41, 5.74) is 3.46. The Labute approximate surface area is 247 Å². The number of benzene rings is 3. The molecule has 4 aromatic rings. The lowest BCUT2D eigenvalue weighted by Gasteiger charge is -2.39. The number of aromatic amines is 1. The molecule has 0 amide bonds. The highest BCUT2D eigenvalue weighted by molar-refractivity contribution is 7.09. The second-order valence-electron chi connectivity index (χ2n) is 10.7. The third-order valence-electron chi connectivity index (χ3n) is 7.81. The summed E-state index contributed by atoms with van der Waals surface area (Å²) in [6, 6.07) is 16.8. The van der Waals surface area contributed by atoms with E-state index in [0.717, 1.165) is 33.6 Å². The fourth-order valence-electron chi connectivity index (χ4n) is 5.21. The first-order valence-corrected chi connectivity index (χ1v) is 14.6. The number of H-pyrrole nitrogens is 1.